The number of nitro benzene ring substituents is 1. The highest BCUT2D eigenvalue weighted by molar-refractivity contribution is 5.92. The summed E-state index contributed by atoms with van der Waals surface area (Å²) >= 11 is 0. The van der Waals surface area contributed by atoms with Crippen molar-refractivity contribution in [2.24, 2.45) is 0 Å². The van der Waals surface area contributed by atoms with Crippen molar-refractivity contribution in [1.82, 2.24) is 0 Å². The second-order valence-electron chi connectivity index (χ2n) is 5.18. The van der Waals surface area contributed by atoms with Crippen LogP contribution in [0.4, 0.5) is 17.1 Å². The number of benzene rings is 2. The Morgan fingerprint density at radius 3 is 2.68 bits per heavy atom. The van der Waals surface area contributed by atoms with Crippen LogP contribution in [0.1, 0.15) is 12.8 Å². The van der Waals surface area contributed by atoms with Crippen molar-refractivity contribution < 1.29 is 19.2 Å². The zero-order valence-electron chi connectivity index (χ0n) is 13.7. The van der Waals surface area contributed by atoms with Gasteiger partial charge in [-0.3, -0.25) is 14.9 Å². The minimum Gasteiger partial charge on any atom is -0.495 e. The number of carbonyl (C=O) groups is 1. The third-order valence-electron chi connectivity index (χ3n) is 3.39. The monoisotopic (exact) mass is 345 g/mol. The molecule has 2 rings (SSSR count). The molecule has 0 radical (unpaired) electrons. The first kappa shape index (κ1) is 18.1. The van der Waals surface area contributed by atoms with Gasteiger partial charge in [-0.15, -0.1) is 0 Å². The number of amides is 1. The van der Waals surface area contributed by atoms with Crippen molar-refractivity contribution in [3.63, 3.8) is 0 Å². The van der Waals surface area contributed by atoms with Crippen LogP contribution in [0.5, 0.6) is 11.5 Å². The third-order valence-corrected chi connectivity index (χ3v) is 3.39. The number of hydrogen-bond donors (Lipinski definition) is 2. The van der Waals surface area contributed by atoms with Crippen LogP contribution >= 0.6 is 0 Å². The first-order valence-electron chi connectivity index (χ1n) is 7.61. The average Bonchev–Trinajstić information content (AvgIpc) is 2.60. The van der Waals surface area contributed by atoms with Crippen molar-refractivity contribution >= 4 is 23.0 Å². The molecule has 8 heteroatoms. The molecule has 2 aromatic rings. The number of carbonyl (C=O) groups excluding carboxylic acids is 1. The molecule has 3 N–H and O–H groups in total. The van der Waals surface area contributed by atoms with Crippen LogP contribution in [-0.4, -0.2) is 24.5 Å². The molecule has 0 aliphatic carbocycles. The van der Waals surface area contributed by atoms with Crippen LogP contribution in [0.3, 0.4) is 0 Å². The van der Waals surface area contributed by atoms with Gasteiger partial charge in [0.2, 0.25) is 5.91 Å². The fraction of sp³-hybridized carbons (Fsp3) is 0.235. The van der Waals surface area contributed by atoms with Crippen molar-refractivity contribution in [3.05, 3.63) is 52.6 Å². The Bertz CT molecular complexity index is 764. The van der Waals surface area contributed by atoms with Gasteiger partial charge in [-0.25, -0.2) is 0 Å². The van der Waals surface area contributed by atoms with E-state index >= 15 is 0 Å². The number of methoxy groups -OCH3 is 1. The van der Waals surface area contributed by atoms with E-state index < -0.39 is 4.92 Å². The van der Waals surface area contributed by atoms with Gasteiger partial charge < -0.3 is 20.5 Å². The van der Waals surface area contributed by atoms with Crippen molar-refractivity contribution in [2.45, 2.75) is 12.8 Å². The molecule has 0 fully saturated rings. The van der Waals surface area contributed by atoms with Gasteiger partial charge in [-0.2, -0.15) is 0 Å². The summed E-state index contributed by atoms with van der Waals surface area (Å²) in [6.07, 6.45) is 0.663. The summed E-state index contributed by atoms with van der Waals surface area (Å²) in [6, 6.07) is 11.1. The molecule has 0 atom stereocenters. The molecular formula is C17H19N3O5. The highest BCUT2D eigenvalue weighted by atomic mass is 16.6. The third kappa shape index (κ3) is 5.10. The molecule has 25 heavy (non-hydrogen) atoms. The number of nitrogen functional groups attached to an aromatic ring is 1. The molecule has 0 saturated heterocycles. The Morgan fingerprint density at radius 1 is 1.24 bits per heavy atom. The van der Waals surface area contributed by atoms with Crippen molar-refractivity contribution in [3.8, 4) is 11.5 Å². The second-order valence-corrected chi connectivity index (χ2v) is 5.18. The number of rotatable bonds is 8. The molecular weight excluding hydrogens is 326 g/mol. The summed E-state index contributed by atoms with van der Waals surface area (Å²) in [7, 11) is 1.43. The molecule has 0 aliphatic heterocycles. The number of nitro groups is 1. The summed E-state index contributed by atoms with van der Waals surface area (Å²) in [5, 5.41) is 13.5. The minimum atomic E-state index is -0.535. The van der Waals surface area contributed by atoms with E-state index in [9.17, 15) is 14.9 Å². The number of ether oxygens (including phenoxy) is 2. The number of anilines is 2. The summed E-state index contributed by atoms with van der Waals surface area (Å²) in [6.45, 7) is 0.327. The van der Waals surface area contributed by atoms with Crippen LogP contribution in [0.2, 0.25) is 0 Å². The van der Waals surface area contributed by atoms with E-state index in [0.29, 0.717) is 30.2 Å². The van der Waals surface area contributed by atoms with E-state index in [-0.39, 0.29) is 23.7 Å². The molecule has 1 amide bonds. The van der Waals surface area contributed by atoms with Crippen LogP contribution in [0.15, 0.2) is 42.5 Å². The Balaban J connectivity index is 1.87. The van der Waals surface area contributed by atoms with Crippen LogP contribution in [-0.2, 0) is 4.79 Å². The highest BCUT2D eigenvalue weighted by Crippen LogP contribution is 2.29. The smallest absolute Gasteiger partial charge is 0.271 e. The lowest BCUT2D eigenvalue weighted by Crippen LogP contribution is -2.14. The number of nitrogens with two attached hydrogens (primary N) is 1. The first-order valence-corrected chi connectivity index (χ1v) is 7.61. The van der Waals surface area contributed by atoms with E-state index in [4.69, 9.17) is 15.2 Å². The molecule has 0 unspecified atom stereocenters. The van der Waals surface area contributed by atoms with Gasteiger partial charge >= 0.3 is 0 Å². The standard InChI is InChI=1S/C17H19N3O5/c1-24-16-9-8-12(20(22)23)11-14(16)19-17(21)7-4-10-25-15-6-3-2-5-13(15)18/h2-3,5-6,8-9,11H,4,7,10,18H2,1H3,(H,19,21). The van der Waals surface area contributed by atoms with Gasteiger partial charge in [0, 0.05) is 18.6 Å². The Kier molecular flexibility index (Phi) is 6.16. The predicted octanol–water partition coefficient (Wildman–Crippen LogP) is 2.98. The molecule has 8 nitrogen and oxygen atoms in total. The Morgan fingerprint density at radius 2 is 2.00 bits per heavy atom. The Labute approximate surface area is 144 Å². The van der Waals surface area contributed by atoms with Crippen LogP contribution < -0.4 is 20.5 Å². The number of hydrogen-bond acceptors (Lipinski definition) is 6. The zero-order chi connectivity index (χ0) is 18.2. The number of para-hydroxylation sites is 2. The maximum Gasteiger partial charge on any atom is 0.271 e. The quantitative estimate of drug-likeness (QED) is 0.329. The van der Waals surface area contributed by atoms with Crippen LogP contribution in [0.25, 0.3) is 0 Å². The fourth-order valence-corrected chi connectivity index (χ4v) is 2.15. The topological polar surface area (TPSA) is 117 Å². The first-order chi connectivity index (χ1) is 12.0. The highest BCUT2D eigenvalue weighted by Gasteiger charge is 2.13. The van der Waals surface area contributed by atoms with Gasteiger partial charge in [0.25, 0.3) is 5.69 Å². The lowest BCUT2D eigenvalue weighted by molar-refractivity contribution is -0.384. The van der Waals surface area contributed by atoms with Crippen LogP contribution in [0, 0.1) is 10.1 Å². The SMILES string of the molecule is COc1ccc([N+](=O)[O-])cc1NC(=O)CCCOc1ccccc1N. The Hall–Kier alpha value is -3.29. The molecule has 0 aromatic heterocycles. The fourth-order valence-electron chi connectivity index (χ4n) is 2.15. The number of non-ortho nitro benzene ring substituents is 1. The molecule has 2 aromatic carbocycles. The molecule has 0 aliphatic rings. The van der Waals surface area contributed by atoms with Crippen molar-refractivity contribution in [2.75, 3.05) is 24.8 Å². The summed E-state index contributed by atoms with van der Waals surface area (Å²) in [5.41, 5.74) is 6.43. The predicted molar refractivity (Wildman–Crippen MR) is 93.9 cm³/mol. The van der Waals surface area contributed by atoms with Gasteiger partial charge in [-0.1, -0.05) is 12.1 Å². The largest absolute Gasteiger partial charge is 0.495 e. The van der Waals surface area contributed by atoms with E-state index in [2.05, 4.69) is 5.32 Å². The van der Waals surface area contributed by atoms with E-state index in [1.807, 2.05) is 12.1 Å². The lowest BCUT2D eigenvalue weighted by Gasteiger charge is -2.11. The molecule has 0 bridgehead atoms. The number of nitrogens with zero attached hydrogens (tertiary/aromatic N) is 1. The lowest BCUT2D eigenvalue weighted by atomic mass is 10.2. The maximum absolute atomic E-state index is 12.0. The summed E-state index contributed by atoms with van der Waals surface area (Å²) in [4.78, 5) is 22.3. The second kappa shape index (κ2) is 8.53. The minimum absolute atomic E-state index is 0.126. The molecule has 0 spiro atoms. The summed E-state index contributed by atoms with van der Waals surface area (Å²) < 4.78 is 10.6. The maximum atomic E-state index is 12.0. The van der Waals surface area contributed by atoms with Gasteiger partial charge in [-0.05, 0) is 24.6 Å². The zero-order valence-corrected chi connectivity index (χ0v) is 13.7. The van der Waals surface area contributed by atoms with E-state index in [1.165, 1.54) is 25.3 Å². The normalized spacial score (nSPS) is 10.1. The molecule has 0 heterocycles. The molecule has 0 saturated carbocycles. The van der Waals surface area contributed by atoms with E-state index in [0.717, 1.165) is 0 Å². The van der Waals surface area contributed by atoms with Gasteiger partial charge in [0.15, 0.2) is 0 Å². The summed E-state index contributed by atoms with van der Waals surface area (Å²) in [5.74, 6) is 0.638. The van der Waals surface area contributed by atoms with Gasteiger partial charge in [0.1, 0.15) is 11.5 Å². The van der Waals surface area contributed by atoms with Gasteiger partial charge in [0.05, 0.1) is 30.0 Å². The average molecular weight is 345 g/mol. The van der Waals surface area contributed by atoms with Crippen molar-refractivity contribution in [1.29, 1.82) is 0 Å². The number of nitrogens with one attached hydrogen (secondary N) is 1. The van der Waals surface area contributed by atoms with E-state index in [1.54, 1.807) is 12.1 Å². The molecule has 132 valence electrons.